The smallest absolute Gasteiger partial charge is 0.121 e. The Bertz CT molecular complexity index is 635. The minimum absolute atomic E-state index is 0.281. The second-order valence-corrected chi connectivity index (χ2v) is 9.99. The molecule has 3 heteroatoms. The summed E-state index contributed by atoms with van der Waals surface area (Å²) < 4.78 is 0.994. The Morgan fingerprint density at radius 2 is 1.83 bits per heavy atom. The van der Waals surface area contributed by atoms with Gasteiger partial charge in [-0.15, -0.1) is 4.91 Å². The molecule has 3 aliphatic rings. The van der Waals surface area contributed by atoms with Gasteiger partial charge in [-0.1, -0.05) is 32.3 Å². The van der Waals surface area contributed by atoms with Crippen LogP contribution in [0, 0.1) is 25.7 Å². The fourth-order valence-corrected chi connectivity index (χ4v) is 6.51. The van der Waals surface area contributed by atoms with E-state index >= 15 is 0 Å². The second-order valence-electron chi connectivity index (χ2n) is 8.83. The van der Waals surface area contributed by atoms with Gasteiger partial charge in [-0.05, 0) is 113 Å². The van der Waals surface area contributed by atoms with E-state index in [0.717, 1.165) is 20.8 Å². The van der Waals surface area contributed by atoms with Crippen molar-refractivity contribution in [1.82, 2.24) is 0 Å². The Morgan fingerprint density at radius 1 is 1.04 bits per heavy atom. The Kier molecular flexibility index (Phi) is 4.51. The molecule has 24 heavy (non-hydrogen) atoms. The monoisotopic (exact) mass is 437 g/mol. The van der Waals surface area contributed by atoms with Gasteiger partial charge in [-0.2, -0.15) is 0 Å². The van der Waals surface area contributed by atoms with E-state index in [1.165, 1.54) is 69.8 Å². The summed E-state index contributed by atoms with van der Waals surface area (Å²) in [4.78, 5) is 10.8. The van der Waals surface area contributed by atoms with Crippen molar-refractivity contribution in [3.05, 3.63) is 32.2 Å². The molecule has 3 fully saturated rings. The lowest BCUT2D eigenvalue weighted by Gasteiger charge is -2.41. The van der Waals surface area contributed by atoms with Crippen molar-refractivity contribution in [2.75, 3.05) is 0 Å². The quantitative estimate of drug-likeness (QED) is 0.366. The summed E-state index contributed by atoms with van der Waals surface area (Å²) >= 11 is 2.25. The van der Waals surface area contributed by atoms with Crippen molar-refractivity contribution in [1.29, 1.82) is 0 Å². The maximum Gasteiger partial charge on any atom is 0.121 e. The summed E-state index contributed by atoms with van der Waals surface area (Å²) in [5.74, 6) is 2.04. The van der Waals surface area contributed by atoms with Crippen molar-refractivity contribution < 1.29 is 0 Å². The van der Waals surface area contributed by atoms with Crippen LogP contribution in [0.25, 0.3) is 0 Å². The number of benzene rings is 1. The number of hydrogen-bond acceptors (Lipinski definition) is 2. The zero-order valence-electron chi connectivity index (χ0n) is 14.7. The Hall–Kier alpha value is -0.450. The Labute approximate surface area is 159 Å². The van der Waals surface area contributed by atoms with Crippen LogP contribution in [0.3, 0.4) is 0 Å². The molecule has 3 saturated carbocycles. The molecule has 2 unspecified atom stereocenters. The van der Waals surface area contributed by atoms with E-state index in [0.29, 0.717) is 5.69 Å². The number of halogens is 1. The third-order valence-electron chi connectivity index (χ3n) is 7.62. The number of fused-ring (bicyclic) bond motifs is 1. The van der Waals surface area contributed by atoms with Crippen LogP contribution in [0.15, 0.2) is 23.4 Å². The van der Waals surface area contributed by atoms with E-state index in [-0.39, 0.29) is 5.41 Å². The molecule has 0 heterocycles. The Morgan fingerprint density at radius 3 is 2.54 bits per heavy atom. The standard InChI is InChI=1S/C21H28INO/c1-20(16-6-7-19(23-24)18(22)13-16)11-8-15(9-12-20)21-10-4-2-3-5-17(21)14-21/h6-7,13,15,17H,2-5,8-12,14H2,1H3. The topological polar surface area (TPSA) is 29.4 Å². The van der Waals surface area contributed by atoms with Gasteiger partial charge < -0.3 is 0 Å². The molecule has 4 rings (SSSR count). The summed E-state index contributed by atoms with van der Waals surface area (Å²) in [5.41, 5.74) is 3.01. The summed E-state index contributed by atoms with van der Waals surface area (Å²) in [7, 11) is 0. The van der Waals surface area contributed by atoms with Crippen molar-refractivity contribution >= 4 is 28.3 Å². The van der Waals surface area contributed by atoms with Gasteiger partial charge in [-0.3, -0.25) is 0 Å². The first-order valence-corrected chi connectivity index (χ1v) is 10.8. The maximum absolute atomic E-state index is 10.8. The fourth-order valence-electron chi connectivity index (χ4n) is 5.90. The van der Waals surface area contributed by atoms with Crippen LogP contribution in [0.5, 0.6) is 0 Å². The number of rotatable bonds is 3. The normalized spacial score (nSPS) is 38.9. The molecule has 1 aromatic rings. The third-order valence-corrected chi connectivity index (χ3v) is 8.48. The lowest BCUT2D eigenvalue weighted by molar-refractivity contribution is 0.153. The molecule has 130 valence electrons. The molecule has 0 radical (unpaired) electrons. The van der Waals surface area contributed by atoms with Gasteiger partial charge in [0.1, 0.15) is 5.69 Å². The molecule has 2 atom stereocenters. The van der Waals surface area contributed by atoms with Gasteiger partial charge in [0.25, 0.3) is 0 Å². The van der Waals surface area contributed by atoms with E-state index in [4.69, 9.17) is 0 Å². The molecule has 0 aromatic heterocycles. The fraction of sp³-hybridized carbons (Fsp3) is 0.714. The summed E-state index contributed by atoms with van der Waals surface area (Å²) in [5, 5.41) is 3.12. The van der Waals surface area contributed by atoms with Crippen LogP contribution in [0.4, 0.5) is 5.69 Å². The van der Waals surface area contributed by atoms with Crippen LogP contribution < -0.4 is 0 Å². The van der Waals surface area contributed by atoms with E-state index in [1.807, 2.05) is 6.07 Å². The minimum Gasteiger partial charge on any atom is -0.145 e. The van der Waals surface area contributed by atoms with E-state index in [2.05, 4.69) is 46.8 Å². The highest BCUT2D eigenvalue weighted by molar-refractivity contribution is 14.1. The largest absolute Gasteiger partial charge is 0.145 e. The molecular formula is C21H28INO. The molecule has 2 nitrogen and oxygen atoms in total. The summed E-state index contributed by atoms with van der Waals surface area (Å²) in [6, 6.07) is 6.24. The van der Waals surface area contributed by atoms with Crippen LogP contribution in [0.2, 0.25) is 0 Å². The third kappa shape index (κ3) is 2.85. The van der Waals surface area contributed by atoms with Crippen molar-refractivity contribution in [3.8, 4) is 0 Å². The molecular weight excluding hydrogens is 409 g/mol. The van der Waals surface area contributed by atoms with Crippen LogP contribution in [-0.2, 0) is 5.41 Å². The number of hydrogen-bond donors (Lipinski definition) is 0. The van der Waals surface area contributed by atoms with Crippen LogP contribution in [0.1, 0.15) is 76.7 Å². The van der Waals surface area contributed by atoms with Crippen LogP contribution >= 0.6 is 22.6 Å². The first-order chi connectivity index (χ1) is 11.6. The molecule has 0 spiro atoms. The van der Waals surface area contributed by atoms with Gasteiger partial charge in [-0.25, -0.2) is 0 Å². The predicted molar refractivity (Wildman–Crippen MR) is 108 cm³/mol. The lowest BCUT2D eigenvalue weighted by Crippen LogP contribution is -2.32. The van der Waals surface area contributed by atoms with E-state index in [9.17, 15) is 4.91 Å². The van der Waals surface area contributed by atoms with Gasteiger partial charge in [0.05, 0.1) is 0 Å². The highest BCUT2D eigenvalue weighted by atomic mass is 127. The average Bonchev–Trinajstić information content (AvgIpc) is 3.30. The Balaban J connectivity index is 1.47. The molecule has 0 aliphatic heterocycles. The molecule has 0 bridgehead atoms. The first kappa shape index (κ1) is 17.0. The summed E-state index contributed by atoms with van der Waals surface area (Å²) in [6.07, 6.45) is 14.4. The first-order valence-electron chi connectivity index (χ1n) is 9.71. The molecule has 0 N–H and O–H groups in total. The lowest BCUT2D eigenvalue weighted by atomic mass is 9.63. The maximum atomic E-state index is 10.8. The second kappa shape index (κ2) is 6.37. The van der Waals surface area contributed by atoms with Gasteiger partial charge in [0.2, 0.25) is 0 Å². The summed E-state index contributed by atoms with van der Waals surface area (Å²) in [6.45, 7) is 2.43. The van der Waals surface area contributed by atoms with Gasteiger partial charge in [0, 0.05) is 3.57 Å². The highest BCUT2D eigenvalue weighted by Gasteiger charge is 2.58. The average molecular weight is 437 g/mol. The zero-order chi connectivity index (χ0) is 16.8. The zero-order valence-corrected chi connectivity index (χ0v) is 16.8. The van der Waals surface area contributed by atoms with Crippen molar-refractivity contribution in [2.24, 2.45) is 22.4 Å². The van der Waals surface area contributed by atoms with Crippen molar-refractivity contribution in [2.45, 2.75) is 76.5 Å². The molecule has 0 saturated heterocycles. The van der Waals surface area contributed by atoms with Gasteiger partial charge in [0.15, 0.2) is 0 Å². The molecule has 3 aliphatic carbocycles. The number of nitroso groups, excluding NO2 is 1. The van der Waals surface area contributed by atoms with Crippen molar-refractivity contribution in [3.63, 3.8) is 0 Å². The van der Waals surface area contributed by atoms with E-state index in [1.54, 1.807) is 0 Å². The molecule has 0 amide bonds. The highest BCUT2D eigenvalue weighted by Crippen LogP contribution is 2.67. The number of nitrogens with zero attached hydrogens (tertiary/aromatic N) is 1. The van der Waals surface area contributed by atoms with Crippen LogP contribution in [-0.4, -0.2) is 0 Å². The predicted octanol–water partition coefficient (Wildman–Crippen LogP) is 7.11. The minimum atomic E-state index is 0.281. The van der Waals surface area contributed by atoms with E-state index < -0.39 is 0 Å². The van der Waals surface area contributed by atoms with Gasteiger partial charge >= 0.3 is 0 Å². The SMILES string of the molecule is CC1(c2ccc(N=O)c(I)c2)CCC(C23CCCCCC2C3)CC1. The molecule has 1 aromatic carbocycles.